The fourth-order valence-electron chi connectivity index (χ4n) is 14.2. The van der Waals surface area contributed by atoms with Crippen LogP contribution in [0.3, 0.4) is 0 Å². The molecule has 4 heteroatoms. The van der Waals surface area contributed by atoms with Gasteiger partial charge in [-0.15, -0.1) is 22.7 Å². The van der Waals surface area contributed by atoms with Crippen molar-refractivity contribution in [3.63, 3.8) is 0 Å². The number of rotatable bonds is 8. The van der Waals surface area contributed by atoms with E-state index in [1.807, 2.05) is 22.7 Å². The summed E-state index contributed by atoms with van der Waals surface area (Å²) in [5.41, 5.74) is 27.9. The van der Waals surface area contributed by atoms with Crippen LogP contribution in [0.1, 0.15) is 87.4 Å². The highest BCUT2D eigenvalue weighted by atomic mass is 32.1. The molecule has 16 rings (SSSR count). The molecule has 1 unspecified atom stereocenters. The van der Waals surface area contributed by atoms with Crippen molar-refractivity contribution < 1.29 is 0 Å². The van der Waals surface area contributed by atoms with E-state index in [4.69, 9.17) is 0 Å². The van der Waals surface area contributed by atoms with Gasteiger partial charge < -0.3 is 9.13 Å². The van der Waals surface area contributed by atoms with Crippen molar-refractivity contribution in [3.8, 4) is 44.1 Å². The molecule has 4 heterocycles. The van der Waals surface area contributed by atoms with Gasteiger partial charge in [0, 0.05) is 58.7 Å². The lowest BCUT2D eigenvalue weighted by Crippen LogP contribution is -2.26. The molecule has 0 bridgehead atoms. The molecule has 1 spiro atoms. The van der Waals surface area contributed by atoms with Crippen molar-refractivity contribution in [1.82, 2.24) is 9.13 Å². The molecule has 9 aromatic carbocycles. The molecule has 0 radical (unpaired) electrons. The van der Waals surface area contributed by atoms with Crippen LogP contribution in [0.25, 0.3) is 107 Å². The first kappa shape index (κ1) is 47.9. The lowest BCUT2D eigenvalue weighted by molar-refractivity contribution is 0.793. The minimum absolute atomic E-state index is 0.322. The Balaban J connectivity index is 0.713. The van der Waals surface area contributed by atoms with Crippen molar-refractivity contribution in [2.24, 2.45) is 0 Å². The maximum absolute atomic E-state index is 2.48. The minimum atomic E-state index is -0.453. The van der Waals surface area contributed by atoms with Crippen molar-refractivity contribution in [1.29, 1.82) is 0 Å². The van der Waals surface area contributed by atoms with Crippen LogP contribution in [-0.4, -0.2) is 9.13 Å². The molecule has 0 amide bonds. The average molecular weight is 1070 g/mol. The van der Waals surface area contributed by atoms with E-state index < -0.39 is 5.41 Å². The zero-order valence-corrected chi connectivity index (χ0v) is 47.3. The predicted octanol–water partition coefficient (Wildman–Crippen LogP) is 20.8. The number of hydrogen-bond donors (Lipinski definition) is 0. The van der Waals surface area contributed by atoms with Gasteiger partial charge in [0.2, 0.25) is 0 Å². The average Bonchev–Trinajstić information content (AvgIpc) is 4.55. The Labute approximate surface area is 481 Å². The number of hydrogen-bond acceptors (Lipinski definition) is 2. The van der Waals surface area contributed by atoms with Gasteiger partial charge in [-0.05, 0) is 226 Å². The molecule has 0 fully saturated rings. The number of aromatic nitrogens is 2. The summed E-state index contributed by atoms with van der Waals surface area (Å²) in [4.78, 5) is 5.16. The molecule has 0 N–H and O–H groups in total. The van der Waals surface area contributed by atoms with Gasteiger partial charge in [0.1, 0.15) is 0 Å². The quantitative estimate of drug-likeness (QED) is 0.144. The van der Waals surface area contributed by atoms with Gasteiger partial charge in [-0.25, -0.2) is 0 Å². The first-order chi connectivity index (χ1) is 39.7. The van der Waals surface area contributed by atoms with Crippen LogP contribution in [0.2, 0.25) is 0 Å². The summed E-state index contributed by atoms with van der Waals surface area (Å²) < 4.78 is 4.89. The number of fused-ring (bicyclic) bond motifs is 16. The zero-order valence-electron chi connectivity index (χ0n) is 45.7. The highest BCUT2D eigenvalue weighted by molar-refractivity contribution is 7.16. The second-order valence-corrected chi connectivity index (χ2v) is 25.0. The van der Waals surface area contributed by atoms with Crippen molar-refractivity contribution >= 4 is 85.8 Å². The molecule has 81 heavy (non-hydrogen) atoms. The first-order valence-corrected chi connectivity index (χ1v) is 29.9. The number of benzene rings is 9. The van der Waals surface area contributed by atoms with Gasteiger partial charge >= 0.3 is 0 Å². The van der Waals surface area contributed by atoms with Gasteiger partial charge in [0.25, 0.3) is 0 Å². The molecule has 386 valence electrons. The van der Waals surface area contributed by atoms with E-state index >= 15 is 0 Å². The normalized spacial score (nSPS) is 14.7. The molecule has 0 aliphatic heterocycles. The molecular formula is C77H56N2S2. The summed E-state index contributed by atoms with van der Waals surface area (Å²) in [5, 5.41) is 3.90. The fourth-order valence-corrected chi connectivity index (χ4v) is 16.1. The lowest BCUT2D eigenvalue weighted by atomic mass is 9.70. The van der Waals surface area contributed by atoms with E-state index in [1.165, 1.54) is 158 Å². The van der Waals surface area contributed by atoms with E-state index in [2.05, 4.69) is 286 Å². The molecule has 2 nitrogen and oxygen atoms in total. The van der Waals surface area contributed by atoms with Crippen LogP contribution in [-0.2, 0) is 11.8 Å². The monoisotopic (exact) mass is 1070 g/mol. The summed E-state index contributed by atoms with van der Waals surface area (Å²) in [6.45, 7) is 8.76. The molecule has 4 aromatic heterocycles. The number of nitrogens with zero attached hydrogens (tertiary/aromatic N) is 2. The third-order valence-electron chi connectivity index (χ3n) is 17.5. The van der Waals surface area contributed by atoms with Gasteiger partial charge in [0.15, 0.2) is 0 Å². The molecule has 13 aromatic rings. The molecule has 1 atom stereocenters. The Bertz CT molecular complexity index is 4780. The smallest absolute Gasteiger partial charge is 0.0725 e. The Hall–Kier alpha value is -9.06. The third kappa shape index (κ3) is 7.58. The van der Waals surface area contributed by atoms with Crippen LogP contribution in [0.15, 0.2) is 218 Å². The van der Waals surface area contributed by atoms with Crippen LogP contribution >= 0.6 is 22.7 Å². The summed E-state index contributed by atoms with van der Waals surface area (Å²) in [6.07, 6.45) is 15.1. The highest BCUT2D eigenvalue weighted by Gasteiger charge is 2.51. The largest absolute Gasteiger partial charge is 0.310 e. The number of para-hydroxylation sites is 2. The second kappa shape index (κ2) is 18.5. The molecular weight excluding hydrogens is 1020 g/mol. The Morgan fingerprint density at radius 1 is 0.420 bits per heavy atom. The van der Waals surface area contributed by atoms with Gasteiger partial charge in [0.05, 0.1) is 22.0 Å². The van der Waals surface area contributed by atoms with Gasteiger partial charge in [-0.3, -0.25) is 0 Å². The van der Waals surface area contributed by atoms with Crippen molar-refractivity contribution in [2.45, 2.75) is 45.4 Å². The number of allylic oxidation sites excluding steroid dienone is 1. The van der Waals surface area contributed by atoms with Crippen LogP contribution < -0.4 is 0 Å². The summed E-state index contributed by atoms with van der Waals surface area (Å²) >= 11 is 3.77. The van der Waals surface area contributed by atoms with Crippen LogP contribution in [0.4, 0.5) is 0 Å². The SMILES string of the molecule is Cc1cc(C)cc(-n2c3c(c4ccccc42)CC(c2ccc(/C=C/c4ccc5c(c4)C4(c6ccccc6-c6ccccc64)c4cc(/C=C/c6ccc(-c7ccc8c(c7)c7ccccc7n8-c7cc(C)cc(C)c7)s6)ccc4-5)s2)C=C3)c1. The van der Waals surface area contributed by atoms with E-state index in [-0.39, 0.29) is 0 Å². The maximum atomic E-state index is 2.48. The van der Waals surface area contributed by atoms with Gasteiger partial charge in [-0.2, -0.15) is 0 Å². The number of aryl methyl sites for hydroxylation is 4. The minimum Gasteiger partial charge on any atom is -0.310 e. The molecule has 3 aliphatic rings. The zero-order chi connectivity index (χ0) is 54.1. The lowest BCUT2D eigenvalue weighted by Gasteiger charge is -2.30. The fraction of sp³-hybridized carbons (Fsp3) is 0.0909. The standard InChI is InChI=1S/C77H56N2S2/c1-47-37-48(2)40-55(39-47)78-71-19-11-7-15-63(71)65-45-53(25-33-73(65)78)75-35-29-57(80-75)27-21-51-23-31-61-62-32-24-52(44-70(62)77(69(61)43-51)67-17-9-5-13-59(67)60-14-6-10-18-68(60)77)22-28-58-30-36-76(81-58)54-26-34-74-66(46-54)64-16-8-12-20-72(64)79(74)56-41-49(3)38-50(4)42-56/h5-45,54H,46H2,1-4H3/b27-21+,28-22+. The third-order valence-corrected chi connectivity index (χ3v) is 19.8. The molecule has 0 saturated heterocycles. The molecule has 3 aliphatic carbocycles. The highest BCUT2D eigenvalue weighted by Crippen LogP contribution is 2.63. The molecule has 0 saturated carbocycles. The van der Waals surface area contributed by atoms with Crippen molar-refractivity contribution in [2.75, 3.05) is 0 Å². The van der Waals surface area contributed by atoms with Crippen LogP contribution in [0, 0.1) is 27.7 Å². The van der Waals surface area contributed by atoms with Crippen LogP contribution in [0.5, 0.6) is 0 Å². The predicted molar refractivity (Wildman–Crippen MR) is 347 cm³/mol. The van der Waals surface area contributed by atoms with E-state index in [1.54, 1.807) is 0 Å². The number of thiophene rings is 2. The summed E-state index contributed by atoms with van der Waals surface area (Å²) in [7, 11) is 0. The second-order valence-electron chi connectivity index (χ2n) is 22.7. The van der Waals surface area contributed by atoms with E-state index in [0.717, 1.165) is 6.42 Å². The van der Waals surface area contributed by atoms with E-state index in [0.29, 0.717) is 5.92 Å². The van der Waals surface area contributed by atoms with Gasteiger partial charge in [-0.1, -0.05) is 146 Å². The summed E-state index contributed by atoms with van der Waals surface area (Å²) in [6, 6.07) is 80.3. The van der Waals surface area contributed by atoms with E-state index in [9.17, 15) is 0 Å². The Kier molecular flexibility index (Phi) is 10.9. The Morgan fingerprint density at radius 3 is 1.60 bits per heavy atom. The maximum Gasteiger partial charge on any atom is 0.0725 e. The van der Waals surface area contributed by atoms with Crippen molar-refractivity contribution in [3.05, 3.63) is 300 Å². The topological polar surface area (TPSA) is 9.86 Å². The first-order valence-electron chi connectivity index (χ1n) is 28.3. The summed E-state index contributed by atoms with van der Waals surface area (Å²) in [5.74, 6) is 0.322. The Morgan fingerprint density at radius 2 is 0.951 bits per heavy atom.